The summed E-state index contributed by atoms with van der Waals surface area (Å²) >= 11 is 5.70. The molecule has 88 valence electrons. The zero-order valence-corrected chi connectivity index (χ0v) is 10.1. The molecule has 0 spiro atoms. The number of aromatic nitrogens is 3. The first-order chi connectivity index (χ1) is 8.11. The summed E-state index contributed by atoms with van der Waals surface area (Å²) in [6.45, 7) is 0. The van der Waals surface area contributed by atoms with Gasteiger partial charge in [0.1, 0.15) is 5.69 Å². The average molecular weight is 252 g/mol. The number of hydrogen-bond donors (Lipinski definition) is 0. The lowest BCUT2D eigenvalue weighted by atomic mass is 10.3. The second kappa shape index (κ2) is 4.55. The fraction of sp³-hybridized carbons (Fsp3) is 0.182. The third-order valence-electron chi connectivity index (χ3n) is 2.28. The van der Waals surface area contributed by atoms with Gasteiger partial charge in [0.25, 0.3) is 0 Å². The molecule has 0 atom stereocenters. The van der Waals surface area contributed by atoms with Gasteiger partial charge in [-0.25, -0.2) is 14.8 Å². The van der Waals surface area contributed by atoms with Gasteiger partial charge in [0.2, 0.25) is 0 Å². The maximum absolute atomic E-state index is 11.4. The van der Waals surface area contributed by atoms with Crippen molar-refractivity contribution in [3.05, 3.63) is 35.4 Å². The summed E-state index contributed by atoms with van der Waals surface area (Å²) in [5.74, 6) is 0.118. The zero-order chi connectivity index (χ0) is 12.4. The largest absolute Gasteiger partial charge is 0.464 e. The van der Waals surface area contributed by atoms with E-state index in [0.717, 1.165) is 5.56 Å². The van der Waals surface area contributed by atoms with Crippen molar-refractivity contribution in [3.63, 3.8) is 0 Å². The summed E-state index contributed by atoms with van der Waals surface area (Å²) in [5.41, 5.74) is 1.19. The highest BCUT2D eigenvalue weighted by Crippen LogP contribution is 2.19. The monoisotopic (exact) mass is 251 g/mol. The van der Waals surface area contributed by atoms with E-state index in [1.54, 1.807) is 23.9 Å². The molecule has 0 saturated heterocycles. The molecular weight excluding hydrogens is 242 g/mol. The lowest BCUT2D eigenvalue weighted by Gasteiger charge is -1.98. The van der Waals surface area contributed by atoms with Crippen LogP contribution in [0.4, 0.5) is 0 Å². The van der Waals surface area contributed by atoms with Crippen LogP contribution >= 0.6 is 11.6 Å². The molecular formula is C11H10ClN3O2. The number of hydrogen-bond acceptors (Lipinski definition) is 4. The Hall–Kier alpha value is -1.88. The molecule has 5 nitrogen and oxygen atoms in total. The summed E-state index contributed by atoms with van der Waals surface area (Å²) in [5, 5.41) is 0.470. The Labute approximate surface area is 103 Å². The molecule has 0 aliphatic heterocycles. The third kappa shape index (κ3) is 2.29. The van der Waals surface area contributed by atoms with Crippen LogP contribution in [0.5, 0.6) is 0 Å². The van der Waals surface area contributed by atoms with Crippen molar-refractivity contribution in [1.82, 2.24) is 14.5 Å². The molecule has 2 heterocycles. The Morgan fingerprint density at radius 3 is 2.65 bits per heavy atom. The Bertz CT molecular complexity index is 548. The Morgan fingerprint density at radius 2 is 2.06 bits per heavy atom. The SMILES string of the molecule is COC(=O)c1cc(-c2ncc(Cl)cn2)cn1C. The van der Waals surface area contributed by atoms with Gasteiger partial charge in [0.15, 0.2) is 5.82 Å². The first-order valence-electron chi connectivity index (χ1n) is 4.84. The quantitative estimate of drug-likeness (QED) is 0.766. The molecule has 0 aromatic carbocycles. The second-order valence-electron chi connectivity index (χ2n) is 3.44. The van der Waals surface area contributed by atoms with Crippen LogP contribution in [0.1, 0.15) is 10.5 Å². The summed E-state index contributed by atoms with van der Waals surface area (Å²) in [4.78, 5) is 19.6. The number of nitrogens with zero attached hydrogens (tertiary/aromatic N) is 3. The predicted molar refractivity (Wildman–Crippen MR) is 62.8 cm³/mol. The standard InChI is InChI=1S/C11H10ClN3O2/c1-15-6-7(3-9(15)11(16)17-2)10-13-4-8(12)5-14-10/h3-6H,1-2H3. The molecule has 0 bridgehead atoms. The molecule has 0 aliphatic rings. The van der Waals surface area contributed by atoms with Crippen LogP contribution in [-0.4, -0.2) is 27.6 Å². The van der Waals surface area contributed by atoms with Gasteiger partial charge in [-0.05, 0) is 6.07 Å². The van der Waals surface area contributed by atoms with E-state index in [-0.39, 0.29) is 0 Å². The van der Waals surface area contributed by atoms with E-state index < -0.39 is 5.97 Å². The minimum atomic E-state index is -0.396. The number of ether oxygens (including phenoxy) is 1. The number of methoxy groups -OCH3 is 1. The van der Waals surface area contributed by atoms with Crippen LogP contribution in [0.15, 0.2) is 24.7 Å². The molecule has 0 unspecified atom stereocenters. The number of rotatable bonds is 2. The van der Waals surface area contributed by atoms with Gasteiger partial charge >= 0.3 is 5.97 Å². The second-order valence-corrected chi connectivity index (χ2v) is 3.88. The topological polar surface area (TPSA) is 57.0 Å². The Morgan fingerprint density at radius 1 is 1.41 bits per heavy atom. The van der Waals surface area contributed by atoms with Crippen molar-refractivity contribution in [1.29, 1.82) is 0 Å². The first-order valence-corrected chi connectivity index (χ1v) is 5.22. The number of carbonyl (C=O) groups excluding carboxylic acids is 1. The number of halogens is 1. The highest BCUT2D eigenvalue weighted by atomic mass is 35.5. The number of aryl methyl sites for hydroxylation is 1. The summed E-state index contributed by atoms with van der Waals surface area (Å²) in [6.07, 6.45) is 4.78. The Balaban J connectivity index is 2.41. The highest BCUT2D eigenvalue weighted by molar-refractivity contribution is 6.30. The molecule has 0 saturated carbocycles. The fourth-order valence-corrected chi connectivity index (χ4v) is 1.55. The minimum absolute atomic E-state index is 0.396. The van der Waals surface area contributed by atoms with Gasteiger partial charge < -0.3 is 9.30 Å². The van der Waals surface area contributed by atoms with E-state index in [2.05, 4.69) is 14.7 Å². The summed E-state index contributed by atoms with van der Waals surface area (Å²) in [7, 11) is 3.10. The van der Waals surface area contributed by atoms with Gasteiger partial charge in [0.05, 0.1) is 12.1 Å². The van der Waals surface area contributed by atoms with Gasteiger partial charge in [0, 0.05) is 31.2 Å². The van der Waals surface area contributed by atoms with E-state index in [1.165, 1.54) is 19.5 Å². The molecule has 2 aromatic heterocycles. The van der Waals surface area contributed by atoms with Crippen LogP contribution in [0, 0.1) is 0 Å². The van der Waals surface area contributed by atoms with Crippen LogP contribution in [-0.2, 0) is 11.8 Å². The van der Waals surface area contributed by atoms with E-state index in [1.807, 2.05) is 0 Å². The molecule has 2 aromatic rings. The van der Waals surface area contributed by atoms with E-state index in [0.29, 0.717) is 16.5 Å². The van der Waals surface area contributed by atoms with Crippen LogP contribution in [0.2, 0.25) is 5.02 Å². The Kier molecular flexibility index (Phi) is 3.10. The molecule has 0 fully saturated rings. The van der Waals surface area contributed by atoms with Gasteiger partial charge in [-0.15, -0.1) is 0 Å². The van der Waals surface area contributed by atoms with E-state index in [4.69, 9.17) is 11.6 Å². The van der Waals surface area contributed by atoms with Gasteiger partial charge in [-0.2, -0.15) is 0 Å². The van der Waals surface area contributed by atoms with Crippen molar-refractivity contribution in [2.75, 3.05) is 7.11 Å². The number of carbonyl (C=O) groups is 1. The van der Waals surface area contributed by atoms with Crippen molar-refractivity contribution in [3.8, 4) is 11.4 Å². The van der Waals surface area contributed by atoms with Gasteiger partial charge in [-0.3, -0.25) is 0 Å². The van der Waals surface area contributed by atoms with Crippen LogP contribution < -0.4 is 0 Å². The smallest absolute Gasteiger partial charge is 0.354 e. The van der Waals surface area contributed by atoms with E-state index >= 15 is 0 Å². The third-order valence-corrected chi connectivity index (χ3v) is 2.47. The van der Waals surface area contributed by atoms with Gasteiger partial charge in [-0.1, -0.05) is 11.6 Å². The molecule has 0 amide bonds. The summed E-state index contributed by atoms with van der Waals surface area (Å²) in [6, 6.07) is 1.68. The van der Waals surface area contributed by atoms with Crippen molar-refractivity contribution in [2.24, 2.45) is 7.05 Å². The highest BCUT2D eigenvalue weighted by Gasteiger charge is 2.13. The normalized spacial score (nSPS) is 10.3. The number of esters is 1. The van der Waals surface area contributed by atoms with Crippen LogP contribution in [0.25, 0.3) is 11.4 Å². The van der Waals surface area contributed by atoms with E-state index in [9.17, 15) is 4.79 Å². The van der Waals surface area contributed by atoms with Crippen molar-refractivity contribution in [2.45, 2.75) is 0 Å². The fourth-order valence-electron chi connectivity index (χ4n) is 1.46. The predicted octanol–water partition coefficient (Wildman–Crippen LogP) is 1.92. The molecule has 2 rings (SSSR count). The molecule has 0 aliphatic carbocycles. The molecule has 0 radical (unpaired) electrons. The molecule has 0 N–H and O–H groups in total. The van der Waals surface area contributed by atoms with Crippen LogP contribution in [0.3, 0.4) is 0 Å². The maximum Gasteiger partial charge on any atom is 0.354 e. The van der Waals surface area contributed by atoms with Crippen molar-refractivity contribution >= 4 is 17.6 Å². The molecule has 6 heteroatoms. The summed E-state index contributed by atoms with van der Waals surface area (Å²) < 4.78 is 6.33. The average Bonchev–Trinajstić information content (AvgIpc) is 2.71. The lowest BCUT2D eigenvalue weighted by molar-refractivity contribution is 0.0590. The molecule has 17 heavy (non-hydrogen) atoms. The minimum Gasteiger partial charge on any atom is -0.464 e. The zero-order valence-electron chi connectivity index (χ0n) is 9.35. The lowest BCUT2D eigenvalue weighted by Crippen LogP contribution is -2.06. The van der Waals surface area contributed by atoms with Crippen molar-refractivity contribution < 1.29 is 9.53 Å². The first kappa shape index (κ1) is 11.6. The maximum atomic E-state index is 11.4.